The number of ether oxygens (including phenoxy) is 1. The Hall–Kier alpha value is -5.56. The van der Waals surface area contributed by atoms with E-state index < -0.39 is 47.6 Å². The Bertz CT molecular complexity index is 2820. The molecule has 20 heteroatoms. The number of likely N-dealkylation sites (tertiary alicyclic amines) is 1. The van der Waals surface area contributed by atoms with Crippen LogP contribution in [-0.2, 0) is 23.7 Å². The van der Waals surface area contributed by atoms with Gasteiger partial charge in [0, 0.05) is 56.6 Å². The second-order valence-corrected chi connectivity index (χ2v) is 19.4. The summed E-state index contributed by atoms with van der Waals surface area (Å²) < 4.78 is 84.8. The number of carbonyl (C=O) groups excluding carboxylic acids is 2. The van der Waals surface area contributed by atoms with Crippen LogP contribution in [0.3, 0.4) is 0 Å². The Morgan fingerprint density at radius 3 is 2.45 bits per heavy atom. The number of rotatable bonds is 8. The van der Waals surface area contributed by atoms with Crippen molar-refractivity contribution in [1.29, 1.82) is 0 Å². The predicted octanol–water partition coefficient (Wildman–Crippen LogP) is 7.63. The second-order valence-electron chi connectivity index (χ2n) is 19.0. The molecule has 2 amide bonds. The maximum atomic E-state index is 15.3. The van der Waals surface area contributed by atoms with Gasteiger partial charge in [-0.3, -0.25) is 24.4 Å². The highest BCUT2D eigenvalue weighted by molar-refractivity contribution is 6.33. The fourth-order valence-electron chi connectivity index (χ4n) is 10.6. The summed E-state index contributed by atoms with van der Waals surface area (Å²) in [6.07, 6.45) is 0.554. The number of halogens is 6. The Labute approximate surface area is 381 Å². The van der Waals surface area contributed by atoms with Gasteiger partial charge in [-0.1, -0.05) is 23.7 Å². The van der Waals surface area contributed by atoms with E-state index in [1.165, 1.54) is 24.7 Å². The number of benzene rings is 2. The topological polar surface area (TPSA) is 152 Å². The third kappa shape index (κ3) is 7.88. The molecule has 0 spiro atoms. The van der Waals surface area contributed by atoms with Crippen molar-refractivity contribution in [2.45, 2.75) is 81.8 Å². The number of anilines is 4. The number of fused-ring (bicyclic) bond motifs is 4. The number of imide groups is 1. The van der Waals surface area contributed by atoms with Gasteiger partial charge in [-0.25, -0.2) is 13.8 Å². The van der Waals surface area contributed by atoms with Crippen molar-refractivity contribution in [2.24, 2.45) is 31.3 Å². The number of pyridine rings is 1. The molecule has 3 unspecified atom stereocenters. The van der Waals surface area contributed by atoms with Gasteiger partial charge >= 0.3 is 12.1 Å². The number of nitrogens with zero attached hydrogens (tertiary/aromatic N) is 7. The molecule has 5 aliphatic rings. The zero-order chi connectivity index (χ0) is 46.4. The number of carbonyl (C=O) groups is 2. The Balaban J connectivity index is 0.826. The quantitative estimate of drug-likeness (QED) is 0.104. The number of aryl methyl sites for hydroxylation is 2. The number of amides is 2. The molecule has 3 saturated heterocycles. The molecular weight excluding hydrogens is 887 g/mol. The molecule has 10 rings (SSSR count). The molecule has 0 radical (unpaired) electrons. The average Bonchev–Trinajstić information content (AvgIpc) is 4.08. The zero-order valence-electron chi connectivity index (χ0n) is 36.7. The lowest BCUT2D eigenvalue weighted by molar-refractivity contribution is -0.239. The third-order valence-corrected chi connectivity index (χ3v) is 15.0. The molecule has 3 aromatic heterocycles. The first-order chi connectivity index (χ1) is 31.4. The van der Waals surface area contributed by atoms with Crippen molar-refractivity contribution in [3.63, 3.8) is 0 Å². The lowest BCUT2D eigenvalue weighted by Gasteiger charge is -2.49. The van der Waals surface area contributed by atoms with Crippen molar-refractivity contribution >= 4 is 68.4 Å². The summed E-state index contributed by atoms with van der Waals surface area (Å²) in [4.78, 5) is 50.3. The molecule has 4 aliphatic heterocycles. The number of nitrogens with one attached hydrogen (secondary N) is 3. The number of piperidine rings is 3. The Morgan fingerprint density at radius 2 is 1.73 bits per heavy atom. The molecule has 3 N–H and O–H groups in total. The van der Waals surface area contributed by atoms with Crippen LogP contribution in [0.2, 0.25) is 5.02 Å². The van der Waals surface area contributed by atoms with E-state index in [4.69, 9.17) is 16.3 Å². The van der Waals surface area contributed by atoms with Gasteiger partial charge in [0.25, 0.3) is 5.56 Å². The smallest absolute Gasteiger partial charge is 0.396 e. The van der Waals surface area contributed by atoms with E-state index in [0.29, 0.717) is 54.6 Å². The number of hydrogen-bond acceptors (Lipinski definition) is 11. The molecule has 5 aromatic rings. The molecule has 1 saturated carbocycles. The second kappa shape index (κ2) is 16.3. The van der Waals surface area contributed by atoms with Crippen LogP contribution in [0.25, 0.3) is 21.8 Å². The molecule has 14 nitrogen and oxygen atoms in total. The van der Waals surface area contributed by atoms with Crippen molar-refractivity contribution < 1.29 is 36.3 Å². The van der Waals surface area contributed by atoms with Gasteiger partial charge in [0.2, 0.25) is 23.5 Å². The van der Waals surface area contributed by atoms with Crippen LogP contribution in [0.15, 0.2) is 47.4 Å². The van der Waals surface area contributed by atoms with Gasteiger partial charge in [-0.15, -0.1) is 0 Å². The maximum Gasteiger partial charge on any atom is 0.396 e. The molecule has 66 heavy (non-hydrogen) atoms. The fourth-order valence-corrected chi connectivity index (χ4v) is 10.7. The first-order valence-corrected chi connectivity index (χ1v) is 22.8. The van der Waals surface area contributed by atoms with Crippen molar-refractivity contribution in [2.75, 3.05) is 54.9 Å². The average molecular weight is 937 g/mol. The summed E-state index contributed by atoms with van der Waals surface area (Å²) in [5.74, 6) is -5.05. The minimum atomic E-state index is -4.53. The van der Waals surface area contributed by atoms with E-state index in [0.717, 1.165) is 29.3 Å². The van der Waals surface area contributed by atoms with Crippen LogP contribution < -0.4 is 31.1 Å². The molecule has 4 fully saturated rings. The normalized spacial score (nSPS) is 25.3. The largest absolute Gasteiger partial charge is 0.480 e. The van der Waals surface area contributed by atoms with Gasteiger partial charge in [0.05, 0.1) is 46.0 Å². The standard InChI is InChI=1S/C46H50ClF5N10O4/c1-44(46(50,51)52)22-62(17-14-27(44)21-61-15-12-24(13-16-61)26-6-8-29-34(18-26)60(3)58-36(29)30-9-11-35(63)55-41(30)64)43-53-20-32(47)40(57-43)54-28-7-10-33-31(19-28)37-38(42(65)59(33)2)66-23-45(48,49)39(56-37)25-4-5-25/h6-8,10,18-20,24-25,27,30,39,56H,4-5,9,11-17,21-23H2,1-3H3,(H,53,54,57)(H,55,63,64)/t27?,30?,39-,44?/m0/s1. The summed E-state index contributed by atoms with van der Waals surface area (Å²) >= 11 is 6.58. The summed E-state index contributed by atoms with van der Waals surface area (Å²) in [7, 11) is 3.37. The Morgan fingerprint density at radius 1 is 0.955 bits per heavy atom. The molecule has 0 bridgehead atoms. The van der Waals surface area contributed by atoms with E-state index in [1.807, 2.05) is 13.1 Å². The first-order valence-electron chi connectivity index (χ1n) is 22.5. The highest BCUT2D eigenvalue weighted by Gasteiger charge is 2.58. The van der Waals surface area contributed by atoms with Crippen molar-refractivity contribution in [1.82, 2.24) is 34.5 Å². The summed E-state index contributed by atoms with van der Waals surface area (Å²) in [5.41, 5.74) is 1.10. The van der Waals surface area contributed by atoms with Crippen LogP contribution >= 0.6 is 11.6 Å². The fraction of sp³-hybridized carbons (Fsp3) is 0.522. The predicted molar refractivity (Wildman–Crippen MR) is 239 cm³/mol. The Kier molecular flexibility index (Phi) is 11.0. The molecule has 1 aliphatic carbocycles. The third-order valence-electron chi connectivity index (χ3n) is 14.7. The van der Waals surface area contributed by atoms with Gasteiger partial charge in [0.1, 0.15) is 5.02 Å². The highest BCUT2D eigenvalue weighted by Crippen LogP contribution is 2.50. The lowest BCUT2D eigenvalue weighted by Crippen LogP contribution is -2.58. The van der Waals surface area contributed by atoms with E-state index in [1.54, 1.807) is 27.8 Å². The van der Waals surface area contributed by atoms with Crippen molar-refractivity contribution in [3.8, 4) is 5.75 Å². The number of aromatic nitrogens is 5. The van der Waals surface area contributed by atoms with E-state index >= 15 is 22.0 Å². The molecule has 4 atom stereocenters. The SMILES string of the molecule is Cn1nc(C2CCC(=O)NC2=O)c2ccc(C3CCN(CC4CCN(c5ncc(Cl)c(Nc6ccc7c(c6)c6c(c(=O)n7C)OCC(F)(F)[C@H](C7CC7)N6)n5)CC4(C)C(F)(F)F)CC3)cc21. The highest BCUT2D eigenvalue weighted by atomic mass is 35.5. The summed E-state index contributed by atoms with van der Waals surface area (Å²) in [5, 5.41) is 14.6. The maximum absolute atomic E-state index is 15.3. The van der Waals surface area contributed by atoms with Gasteiger partial charge in [0.15, 0.2) is 12.4 Å². The van der Waals surface area contributed by atoms with Crippen LogP contribution in [0.5, 0.6) is 5.75 Å². The minimum absolute atomic E-state index is 0.0767. The molecule has 7 heterocycles. The van der Waals surface area contributed by atoms with Crippen LogP contribution in [-0.4, -0.2) is 98.5 Å². The van der Waals surface area contributed by atoms with Crippen molar-refractivity contribution in [3.05, 3.63) is 69.2 Å². The summed E-state index contributed by atoms with van der Waals surface area (Å²) in [6.45, 7) is 1.85. The molecular formula is C46H50ClF5N10O4. The zero-order valence-corrected chi connectivity index (χ0v) is 37.4. The lowest BCUT2D eigenvalue weighted by atomic mass is 9.71. The van der Waals surface area contributed by atoms with Crippen LogP contribution in [0.1, 0.15) is 75.0 Å². The minimum Gasteiger partial charge on any atom is -0.480 e. The first kappa shape index (κ1) is 44.3. The monoisotopic (exact) mass is 936 g/mol. The molecule has 350 valence electrons. The van der Waals surface area contributed by atoms with Gasteiger partial charge in [-0.2, -0.15) is 23.3 Å². The van der Waals surface area contributed by atoms with Crippen LogP contribution in [0.4, 0.5) is 45.1 Å². The van der Waals surface area contributed by atoms with E-state index in [9.17, 15) is 14.4 Å². The number of hydrogen-bond donors (Lipinski definition) is 3. The summed E-state index contributed by atoms with van der Waals surface area (Å²) in [6, 6.07) is 9.93. The van der Waals surface area contributed by atoms with E-state index in [-0.39, 0.29) is 84.4 Å². The van der Waals surface area contributed by atoms with Gasteiger partial charge in [-0.05, 0) is 106 Å². The van der Waals surface area contributed by atoms with Gasteiger partial charge < -0.3 is 29.7 Å². The van der Waals surface area contributed by atoms with E-state index in [2.05, 4.69) is 48.0 Å². The molecule has 2 aromatic carbocycles. The number of alkyl halides is 5. The van der Waals surface area contributed by atoms with Crippen LogP contribution in [0, 0.1) is 17.3 Å².